The highest BCUT2D eigenvalue weighted by Gasteiger charge is 2.16. The number of nitrogens with two attached hydrogens (primary N) is 1. The summed E-state index contributed by atoms with van der Waals surface area (Å²) in [7, 11) is 0. The van der Waals surface area contributed by atoms with E-state index >= 15 is 0 Å². The molecule has 1 aliphatic heterocycles. The molecule has 0 spiro atoms. The van der Waals surface area contributed by atoms with Gasteiger partial charge in [0.15, 0.2) is 5.96 Å². The third kappa shape index (κ3) is 3.13. The van der Waals surface area contributed by atoms with Crippen molar-refractivity contribution in [3.63, 3.8) is 0 Å². The first-order valence-electron chi connectivity index (χ1n) is 5.75. The SMILES string of the molecule is CC1N=C(N)NC(Nc2ccc(Cl)cc2)=NC1C. The number of aliphatic imine (C=N–C) groups is 2. The molecule has 5 nitrogen and oxygen atoms in total. The molecule has 1 aromatic carbocycles. The van der Waals surface area contributed by atoms with Crippen LogP contribution in [0.1, 0.15) is 13.8 Å². The van der Waals surface area contributed by atoms with Crippen molar-refractivity contribution in [2.75, 3.05) is 5.32 Å². The lowest BCUT2D eigenvalue weighted by molar-refractivity contribution is 0.611. The minimum absolute atomic E-state index is 0.0574. The summed E-state index contributed by atoms with van der Waals surface area (Å²) in [6.45, 7) is 3.98. The van der Waals surface area contributed by atoms with Gasteiger partial charge in [0.05, 0.1) is 12.1 Å². The summed E-state index contributed by atoms with van der Waals surface area (Å²) in [4.78, 5) is 8.76. The number of rotatable bonds is 1. The van der Waals surface area contributed by atoms with Crippen LogP contribution in [0.4, 0.5) is 5.69 Å². The summed E-state index contributed by atoms with van der Waals surface area (Å²) in [5.74, 6) is 0.961. The van der Waals surface area contributed by atoms with Gasteiger partial charge in [-0.3, -0.25) is 5.32 Å². The zero-order valence-electron chi connectivity index (χ0n) is 10.3. The standard InChI is InChI=1S/C12H16ClN5/c1-7-8(2)16-12(18-11(14)15-7)17-10-5-3-9(13)4-6-10/h3-8H,1-2H3,(H4,14,15,16,17,18). The second kappa shape index (κ2) is 5.27. The van der Waals surface area contributed by atoms with Gasteiger partial charge in [0.1, 0.15) is 0 Å². The highest BCUT2D eigenvalue weighted by molar-refractivity contribution is 6.30. The van der Waals surface area contributed by atoms with Crippen LogP contribution in [0, 0.1) is 0 Å². The Balaban J connectivity index is 2.15. The summed E-state index contributed by atoms with van der Waals surface area (Å²) in [5, 5.41) is 6.78. The molecule has 4 N–H and O–H groups in total. The maximum Gasteiger partial charge on any atom is 0.202 e. The molecule has 1 heterocycles. The third-order valence-corrected chi connectivity index (χ3v) is 2.98. The van der Waals surface area contributed by atoms with E-state index in [9.17, 15) is 0 Å². The average molecular weight is 266 g/mol. The molecule has 96 valence electrons. The molecule has 6 heteroatoms. The number of nitrogens with one attached hydrogen (secondary N) is 2. The first-order valence-corrected chi connectivity index (χ1v) is 6.13. The number of anilines is 1. The van der Waals surface area contributed by atoms with Gasteiger partial charge < -0.3 is 11.1 Å². The van der Waals surface area contributed by atoms with Gasteiger partial charge in [-0.25, -0.2) is 9.98 Å². The normalized spacial score (nSPS) is 23.5. The minimum Gasteiger partial charge on any atom is -0.370 e. The lowest BCUT2D eigenvalue weighted by atomic mass is 10.2. The smallest absolute Gasteiger partial charge is 0.202 e. The van der Waals surface area contributed by atoms with Crippen LogP contribution < -0.4 is 16.4 Å². The van der Waals surface area contributed by atoms with Crippen molar-refractivity contribution in [1.82, 2.24) is 5.32 Å². The van der Waals surface area contributed by atoms with Gasteiger partial charge in [0.2, 0.25) is 5.96 Å². The zero-order valence-corrected chi connectivity index (χ0v) is 11.1. The number of hydrogen-bond donors (Lipinski definition) is 3. The number of nitrogens with zero attached hydrogens (tertiary/aromatic N) is 2. The van der Waals surface area contributed by atoms with Gasteiger partial charge >= 0.3 is 0 Å². The van der Waals surface area contributed by atoms with E-state index in [-0.39, 0.29) is 12.1 Å². The first kappa shape index (κ1) is 12.7. The van der Waals surface area contributed by atoms with E-state index in [4.69, 9.17) is 17.3 Å². The predicted molar refractivity (Wildman–Crippen MR) is 76.2 cm³/mol. The van der Waals surface area contributed by atoms with Crippen LogP contribution in [0.15, 0.2) is 34.3 Å². The number of hydrogen-bond acceptors (Lipinski definition) is 5. The topological polar surface area (TPSA) is 74.8 Å². The van der Waals surface area contributed by atoms with Gasteiger partial charge in [-0.05, 0) is 38.1 Å². The summed E-state index contributed by atoms with van der Waals surface area (Å²) in [6.07, 6.45) is 0. The summed E-state index contributed by atoms with van der Waals surface area (Å²) in [6, 6.07) is 7.49. The molecular weight excluding hydrogens is 250 g/mol. The van der Waals surface area contributed by atoms with E-state index < -0.39 is 0 Å². The number of benzene rings is 1. The molecule has 18 heavy (non-hydrogen) atoms. The Morgan fingerprint density at radius 2 is 1.78 bits per heavy atom. The molecule has 0 bridgehead atoms. The van der Waals surface area contributed by atoms with Crippen LogP contribution in [-0.4, -0.2) is 24.0 Å². The van der Waals surface area contributed by atoms with Crippen LogP contribution in [0.5, 0.6) is 0 Å². The molecule has 2 atom stereocenters. The van der Waals surface area contributed by atoms with Crippen LogP contribution in [0.3, 0.4) is 0 Å². The largest absolute Gasteiger partial charge is 0.370 e. The van der Waals surface area contributed by atoms with Gasteiger partial charge in [0, 0.05) is 10.7 Å². The van der Waals surface area contributed by atoms with E-state index in [1.54, 1.807) is 0 Å². The van der Waals surface area contributed by atoms with E-state index in [0.717, 1.165) is 5.69 Å². The van der Waals surface area contributed by atoms with E-state index in [1.807, 2.05) is 38.1 Å². The minimum atomic E-state index is 0.0574. The van der Waals surface area contributed by atoms with Crippen LogP contribution >= 0.6 is 11.6 Å². The van der Waals surface area contributed by atoms with Crippen molar-refractivity contribution in [3.05, 3.63) is 29.3 Å². The van der Waals surface area contributed by atoms with Crippen molar-refractivity contribution in [3.8, 4) is 0 Å². The maximum atomic E-state index is 5.83. The molecule has 1 aromatic rings. The van der Waals surface area contributed by atoms with Gasteiger partial charge in [0.25, 0.3) is 0 Å². The summed E-state index contributed by atoms with van der Waals surface area (Å²) < 4.78 is 0. The van der Waals surface area contributed by atoms with Crippen LogP contribution in [-0.2, 0) is 0 Å². The highest BCUT2D eigenvalue weighted by atomic mass is 35.5. The monoisotopic (exact) mass is 265 g/mol. The Bertz CT molecular complexity index is 480. The molecule has 2 unspecified atom stereocenters. The van der Waals surface area contributed by atoms with Crippen LogP contribution in [0.25, 0.3) is 0 Å². The molecular formula is C12H16ClN5. The highest BCUT2D eigenvalue weighted by Crippen LogP contribution is 2.14. The van der Waals surface area contributed by atoms with Crippen molar-refractivity contribution in [2.45, 2.75) is 25.9 Å². The van der Waals surface area contributed by atoms with Gasteiger partial charge in [-0.2, -0.15) is 0 Å². The molecule has 0 aliphatic carbocycles. The quantitative estimate of drug-likeness (QED) is 0.725. The number of guanidine groups is 2. The van der Waals surface area contributed by atoms with Gasteiger partial charge in [-0.1, -0.05) is 11.6 Å². The molecule has 0 fully saturated rings. The lowest BCUT2D eigenvalue weighted by Crippen LogP contribution is -2.40. The fourth-order valence-electron chi connectivity index (χ4n) is 1.56. The Hall–Kier alpha value is -1.75. The molecule has 1 aliphatic rings. The molecule has 0 saturated heterocycles. The van der Waals surface area contributed by atoms with Crippen molar-refractivity contribution in [1.29, 1.82) is 0 Å². The molecule has 0 aromatic heterocycles. The Morgan fingerprint density at radius 1 is 1.17 bits per heavy atom. The zero-order chi connectivity index (χ0) is 13.1. The first-order chi connectivity index (χ1) is 8.54. The molecule has 0 saturated carbocycles. The molecule has 0 radical (unpaired) electrons. The third-order valence-electron chi connectivity index (χ3n) is 2.73. The van der Waals surface area contributed by atoms with Crippen molar-refractivity contribution in [2.24, 2.45) is 15.7 Å². The second-order valence-corrected chi connectivity index (χ2v) is 4.67. The maximum absolute atomic E-state index is 5.83. The Kier molecular flexibility index (Phi) is 3.72. The fraction of sp³-hybridized carbons (Fsp3) is 0.333. The Morgan fingerprint density at radius 3 is 2.44 bits per heavy atom. The lowest BCUT2D eigenvalue weighted by Gasteiger charge is -2.11. The van der Waals surface area contributed by atoms with Gasteiger partial charge in [-0.15, -0.1) is 0 Å². The summed E-state index contributed by atoms with van der Waals surface area (Å²) >= 11 is 5.83. The van der Waals surface area contributed by atoms with E-state index in [1.165, 1.54) is 0 Å². The van der Waals surface area contributed by atoms with E-state index in [2.05, 4.69) is 20.6 Å². The van der Waals surface area contributed by atoms with Crippen LogP contribution in [0.2, 0.25) is 5.02 Å². The summed E-state index contributed by atoms with van der Waals surface area (Å²) in [5.41, 5.74) is 6.64. The second-order valence-electron chi connectivity index (χ2n) is 4.23. The molecule has 2 rings (SSSR count). The average Bonchev–Trinajstić information content (AvgIpc) is 2.42. The van der Waals surface area contributed by atoms with Crippen molar-refractivity contribution >= 4 is 29.2 Å². The number of halogens is 1. The fourth-order valence-corrected chi connectivity index (χ4v) is 1.68. The molecule has 0 amide bonds. The Labute approximate surface area is 111 Å². The van der Waals surface area contributed by atoms with E-state index in [0.29, 0.717) is 16.9 Å². The predicted octanol–water partition coefficient (Wildman–Crippen LogP) is 1.80. The van der Waals surface area contributed by atoms with Crippen molar-refractivity contribution < 1.29 is 0 Å².